The summed E-state index contributed by atoms with van der Waals surface area (Å²) in [5, 5.41) is 5.17. The third-order valence-electron chi connectivity index (χ3n) is 7.58. The topological polar surface area (TPSA) is 51.8 Å². The smallest absolute Gasteiger partial charge is 0.164 e. The van der Waals surface area contributed by atoms with E-state index >= 15 is 0 Å². The molecule has 196 valence electrons. The van der Waals surface area contributed by atoms with Crippen molar-refractivity contribution < 1.29 is 11.3 Å². The van der Waals surface area contributed by atoms with E-state index in [0.29, 0.717) is 28.0 Å². The van der Waals surface area contributed by atoms with Crippen molar-refractivity contribution >= 4 is 64.2 Å². The molecular formula is C37H21N3OS. The third kappa shape index (κ3) is 3.64. The van der Waals surface area contributed by atoms with Gasteiger partial charge in [0.15, 0.2) is 17.5 Å². The van der Waals surface area contributed by atoms with Crippen molar-refractivity contribution in [3.05, 3.63) is 127 Å². The summed E-state index contributed by atoms with van der Waals surface area (Å²) in [6, 6.07) is 30.6. The average molecular weight is 561 g/mol. The molecule has 0 spiro atoms. The van der Waals surface area contributed by atoms with E-state index in [0.717, 1.165) is 32.0 Å². The number of hydrogen-bond donors (Lipinski definition) is 0. The molecule has 3 heterocycles. The summed E-state index contributed by atoms with van der Waals surface area (Å²) in [4.78, 5) is 14.8. The Bertz CT molecular complexity index is 2770. The first kappa shape index (κ1) is 18.9. The Kier molecular flexibility index (Phi) is 4.07. The number of benzene rings is 6. The van der Waals surface area contributed by atoms with Gasteiger partial charge in [-0.15, -0.1) is 11.3 Å². The van der Waals surface area contributed by atoms with Crippen molar-refractivity contribution in [2.45, 2.75) is 0 Å². The normalized spacial score (nSPS) is 13.5. The molecule has 0 aliphatic rings. The second-order valence-electron chi connectivity index (χ2n) is 10.1. The number of hydrogen-bond acceptors (Lipinski definition) is 5. The van der Waals surface area contributed by atoms with Crippen LogP contribution in [-0.4, -0.2) is 15.0 Å². The van der Waals surface area contributed by atoms with Crippen LogP contribution in [0, 0.1) is 0 Å². The van der Waals surface area contributed by atoms with Crippen LogP contribution in [0.25, 0.3) is 87.0 Å². The van der Waals surface area contributed by atoms with E-state index in [4.69, 9.17) is 26.2 Å². The molecule has 9 rings (SSSR count). The lowest BCUT2D eigenvalue weighted by molar-refractivity contribution is 0.669. The van der Waals surface area contributed by atoms with Crippen LogP contribution in [0.3, 0.4) is 0 Å². The highest BCUT2D eigenvalue weighted by Gasteiger charge is 2.18. The average Bonchev–Trinajstić information content (AvgIpc) is 3.65. The van der Waals surface area contributed by atoms with Crippen LogP contribution in [0.4, 0.5) is 0 Å². The number of aromatic nitrogens is 3. The van der Waals surface area contributed by atoms with Gasteiger partial charge in [-0.3, -0.25) is 0 Å². The van der Waals surface area contributed by atoms with Gasteiger partial charge >= 0.3 is 0 Å². The highest BCUT2D eigenvalue weighted by atomic mass is 32.1. The van der Waals surface area contributed by atoms with Gasteiger partial charge < -0.3 is 4.42 Å². The van der Waals surface area contributed by atoms with E-state index in [9.17, 15) is 0 Å². The zero-order chi connectivity index (χ0) is 32.0. The number of nitrogens with zero attached hydrogens (tertiary/aromatic N) is 3. The van der Waals surface area contributed by atoms with Crippen molar-refractivity contribution in [3.8, 4) is 34.2 Å². The minimum atomic E-state index is -0.270. The van der Waals surface area contributed by atoms with Gasteiger partial charge in [-0.25, -0.2) is 15.0 Å². The van der Waals surface area contributed by atoms with Crippen LogP contribution in [0.15, 0.2) is 132 Å². The molecule has 6 aromatic carbocycles. The summed E-state index contributed by atoms with van der Waals surface area (Å²) in [5.74, 6) is 1.04. The number of thiophene rings is 1. The van der Waals surface area contributed by atoms with Gasteiger partial charge in [0, 0.05) is 47.6 Å². The highest BCUT2D eigenvalue weighted by molar-refractivity contribution is 7.25. The zero-order valence-electron chi connectivity index (χ0n) is 26.9. The number of para-hydroxylation sites is 1. The Balaban J connectivity index is 1.35. The molecule has 42 heavy (non-hydrogen) atoms. The van der Waals surface area contributed by atoms with E-state index in [1.165, 1.54) is 22.2 Å². The van der Waals surface area contributed by atoms with Gasteiger partial charge in [0.25, 0.3) is 0 Å². The minimum Gasteiger partial charge on any atom is -0.456 e. The molecule has 0 aliphatic heterocycles. The first-order valence-electron chi connectivity index (χ1n) is 15.9. The SMILES string of the molecule is [2H]c1cc2c(oc3c([2H])cc([2H])c(-c4nc(-c5ccc6ccccc6c5)nc(-c5ccc6c(c5)sc5ccccc56)n4)c32)c([2H])c1[2H]. The summed E-state index contributed by atoms with van der Waals surface area (Å²) in [5.41, 5.74) is 2.09. The predicted octanol–water partition coefficient (Wildman–Crippen LogP) is 10.3. The van der Waals surface area contributed by atoms with Gasteiger partial charge in [-0.05, 0) is 41.1 Å². The lowest BCUT2D eigenvalue weighted by Crippen LogP contribution is -2.00. The monoisotopic (exact) mass is 560 g/mol. The first-order chi connectivity index (χ1) is 22.8. The number of fused-ring (bicyclic) bond motifs is 7. The third-order valence-corrected chi connectivity index (χ3v) is 8.72. The van der Waals surface area contributed by atoms with Crippen molar-refractivity contribution in [3.63, 3.8) is 0 Å². The van der Waals surface area contributed by atoms with Crippen LogP contribution in [0.5, 0.6) is 0 Å². The second kappa shape index (κ2) is 9.06. The molecule has 0 radical (unpaired) electrons. The highest BCUT2D eigenvalue weighted by Crippen LogP contribution is 2.38. The van der Waals surface area contributed by atoms with Crippen LogP contribution in [-0.2, 0) is 0 Å². The molecule has 0 unspecified atom stereocenters. The molecule has 0 saturated heterocycles. The lowest BCUT2D eigenvalue weighted by atomic mass is 10.0. The molecule has 0 bridgehead atoms. The maximum atomic E-state index is 9.03. The number of furan rings is 1. The van der Waals surface area contributed by atoms with Gasteiger partial charge in [-0.1, -0.05) is 97.0 Å². The van der Waals surface area contributed by atoms with Crippen LogP contribution in [0.1, 0.15) is 6.85 Å². The van der Waals surface area contributed by atoms with Gasteiger partial charge in [0.1, 0.15) is 11.2 Å². The molecule has 0 saturated carbocycles. The van der Waals surface area contributed by atoms with Crippen LogP contribution >= 0.6 is 11.3 Å². The Morgan fingerprint density at radius 3 is 2.24 bits per heavy atom. The summed E-state index contributed by atoms with van der Waals surface area (Å²) < 4.78 is 50.9. The van der Waals surface area contributed by atoms with Crippen LogP contribution < -0.4 is 0 Å². The maximum Gasteiger partial charge on any atom is 0.164 e. The fraction of sp³-hybridized carbons (Fsp3) is 0. The van der Waals surface area contributed by atoms with E-state index in [1.807, 2.05) is 60.7 Å². The second-order valence-corrected chi connectivity index (χ2v) is 11.2. The summed E-state index contributed by atoms with van der Waals surface area (Å²) in [7, 11) is 0. The van der Waals surface area contributed by atoms with Crippen molar-refractivity contribution in [2.24, 2.45) is 0 Å². The molecule has 0 N–H and O–H groups in total. The minimum absolute atomic E-state index is 0.000203. The summed E-state index contributed by atoms with van der Waals surface area (Å²) in [6.45, 7) is 0. The largest absolute Gasteiger partial charge is 0.456 e. The summed E-state index contributed by atoms with van der Waals surface area (Å²) >= 11 is 1.70. The van der Waals surface area contributed by atoms with E-state index in [-0.39, 0.29) is 47.2 Å². The lowest BCUT2D eigenvalue weighted by Gasteiger charge is -2.10. The van der Waals surface area contributed by atoms with Gasteiger partial charge in [-0.2, -0.15) is 0 Å². The molecule has 5 heteroatoms. The van der Waals surface area contributed by atoms with Crippen molar-refractivity contribution in [1.29, 1.82) is 0 Å². The van der Waals surface area contributed by atoms with Crippen molar-refractivity contribution in [1.82, 2.24) is 15.0 Å². The Morgan fingerprint density at radius 1 is 0.548 bits per heavy atom. The van der Waals surface area contributed by atoms with Crippen molar-refractivity contribution in [2.75, 3.05) is 0 Å². The zero-order valence-corrected chi connectivity index (χ0v) is 22.7. The molecule has 9 aromatic rings. The molecule has 0 fully saturated rings. The van der Waals surface area contributed by atoms with Crippen LogP contribution in [0.2, 0.25) is 0 Å². The number of rotatable bonds is 3. The molecular weight excluding hydrogens is 534 g/mol. The molecule has 4 nitrogen and oxygen atoms in total. The fourth-order valence-electron chi connectivity index (χ4n) is 5.59. The van der Waals surface area contributed by atoms with E-state index in [2.05, 4.69) is 24.3 Å². The van der Waals surface area contributed by atoms with E-state index in [1.54, 1.807) is 11.3 Å². The van der Waals surface area contributed by atoms with Gasteiger partial charge in [0.2, 0.25) is 0 Å². The maximum absolute atomic E-state index is 9.03. The molecule has 0 amide bonds. The quantitative estimate of drug-likeness (QED) is 0.216. The van der Waals surface area contributed by atoms with Gasteiger partial charge in [0.05, 0.1) is 6.85 Å². The summed E-state index contributed by atoms with van der Waals surface area (Å²) in [6.07, 6.45) is 0. The molecule has 0 atom stereocenters. The Morgan fingerprint density at radius 2 is 1.31 bits per heavy atom. The fourth-order valence-corrected chi connectivity index (χ4v) is 6.73. The Labute approximate surface area is 251 Å². The molecule has 3 aromatic heterocycles. The predicted molar refractivity (Wildman–Crippen MR) is 174 cm³/mol. The Hall–Kier alpha value is -5.39. The molecule has 0 aliphatic carbocycles. The standard InChI is InChI=1S/C37H21N3OS/c1-2-9-23-20-24(17-16-22(23)8-1)35-38-36(25-18-19-27-26-10-4-6-15-32(26)42-33(27)21-25)40-37(39-35)29-12-7-14-31-34(29)28-11-3-5-13-30(28)41-31/h1-21H/i3D,5D,12D,13D,14D. The first-order valence-corrected chi connectivity index (χ1v) is 14.3. The van der Waals surface area contributed by atoms with E-state index < -0.39 is 0 Å².